The van der Waals surface area contributed by atoms with Gasteiger partial charge >= 0.3 is 0 Å². The molecule has 0 fully saturated rings. The first-order valence-corrected chi connectivity index (χ1v) is 7.77. The van der Waals surface area contributed by atoms with Gasteiger partial charge in [0.2, 0.25) is 0 Å². The lowest BCUT2D eigenvalue weighted by Crippen LogP contribution is -2.29. The molecule has 22 heavy (non-hydrogen) atoms. The van der Waals surface area contributed by atoms with Gasteiger partial charge in [-0.3, -0.25) is 4.68 Å². The lowest BCUT2D eigenvalue weighted by Gasteiger charge is -2.18. The molecule has 0 aliphatic carbocycles. The Balaban J connectivity index is 1.61. The summed E-state index contributed by atoms with van der Waals surface area (Å²) in [6, 6.07) is 8.19. The second kappa shape index (κ2) is 6.50. The van der Waals surface area contributed by atoms with Crippen molar-refractivity contribution in [2.75, 3.05) is 0 Å². The maximum atomic E-state index is 6.01. The van der Waals surface area contributed by atoms with E-state index in [1.165, 1.54) is 0 Å². The monoisotopic (exact) mass is 318 g/mol. The van der Waals surface area contributed by atoms with Crippen molar-refractivity contribution in [2.24, 2.45) is 0 Å². The molecule has 2 atom stereocenters. The third-order valence-electron chi connectivity index (χ3n) is 3.72. The maximum Gasteiger partial charge on any atom is 0.137 e. The molecule has 0 saturated carbocycles. The minimum absolute atomic E-state index is 0.136. The van der Waals surface area contributed by atoms with Crippen LogP contribution in [-0.2, 0) is 6.54 Å². The van der Waals surface area contributed by atoms with Crippen LogP contribution in [0.4, 0.5) is 0 Å². The number of halogens is 1. The molecule has 0 spiro atoms. The van der Waals surface area contributed by atoms with Crippen molar-refractivity contribution in [1.82, 2.24) is 20.1 Å². The minimum atomic E-state index is 0.136. The molecule has 1 aromatic carbocycles. The van der Waals surface area contributed by atoms with E-state index in [0.717, 1.165) is 34.7 Å². The van der Waals surface area contributed by atoms with E-state index < -0.39 is 0 Å². The van der Waals surface area contributed by atoms with Crippen LogP contribution in [0, 0.1) is 0 Å². The summed E-state index contributed by atoms with van der Waals surface area (Å²) in [5.41, 5.74) is 0.864. The number of furan rings is 1. The Labute approximate surface area is 134 Å². The average molecular weight is 319 g/mol. The summed E-state index contributed by atoms with van der Waals surface area (Å²) >= 11 is 6.01. The van der Waals surface area contributed by atoms with Crippen LogP contribution in [0.15, 0.2) is 41.3 Å². The third kappa shape index (κ3) is 3.48. The summed E-state index contributed by atoms with van der Waals surface area (Å²) in [7, 11) is 0. The van der Waals surface area contributed by atoms with E-state index in [0.29, 0.717) is 6.04 Å². The summed E-state index contributed by atoms with van der Waals surface area (Å²) in [4.78, 5) is 3.95. The standard InChI is InChI=1S/C16H19ClN4O/c1-11(5-6-21-10-18-9-19-21)20-12(2)16-8-13-7-14(17)3-4-15(13)22-16/h3-4,7-12,20H,5-6H2,1-2H3/t11-,12-/m0/s1. The SMILES string of the molecule is C[C@H](N[C@@H](C)CCn1cncn1)c1cc2cc(Cl)ccc2o1. The van der Waals surface area contributed by atoms with Crippen molar-refractivity contribution in [3.05, 3.63) is 47.7 Å². The molecule has 3 rings (SSSR count). The smallest absolute Gasteiger partial charge is 0.137 e. The Morgan fingerprint density at radius 2 is 2.18 bits per heavy atom. The van der Waals surface area contributed by atoms with Crippen molar-refractivity contribution in [3.63, 3.8) is 0 Å². The Bertz CT molecular complexity index is 738. The molecule has 1 N–H and O–H groups in total. The van der Waals surface area contributed by atoms with Crippen LogP contribution in [0.1, 0.15) is 32.1 Å². The molecule has 0 unspecified atom stereocenters. The van der Waals surface area contributed by atoms with Gasteiger partial charge in [-0.25, -0.2) is 4.98 Å². The highest BCUT2D eigenvalue weighted by Crippen LogP contribution is 2.26. The molecule has 0 saturated heterocycles. The van der Waals surface area contributed by atoms with Gasteiger partial charge in [0.25, 0.3) is 0 Å². The second-order valence-corrected chi connectivity index (χ2v) is 6.00. The first-order chi connectivity index (χ1) is 10.6. The maximum absolute atomic E-state index is 6.01. The van der Waals surface area contributed by atoms with E-state index in [1.807, 2.05) is 28.9 Å². The Morgan fingerprint density at radius 1 is 1.32 bits per heavy atom. The van der Waals surface area contributed by atoms with E-state index >= 15 is 0 Å². The first kappa shape index (κ1) is 15.1. The highest BCUT2D eigenvalue weighted by Gasteiger charge is 2.14. The second-order valence-electron chi connectivity index (χ2n) is 5.57. The number of nitrogens with one attached hydrogen (secondary N) is 1. The molecule has 0 bridgehead atoms. The van der Waals surface area contributed by atoms with E-state index in [2.05, 4.69) is 29.2 Å². The van der Waals surface area contributed by atoms with Crippen molar-refractivity contribution < 1.29 is 4.42 Å². The molecule has 2 heterocycles. The molecule has 0 aliphatic rings. The topological polar surface area (TPSA) is 55.9 Å². The van der Waals surface area contributed by atoms with Gasteiger partial charge in [-0.1, -0.05) is 11.6 Å². The molecule has 0 amide bonds. The molecule has 2 aromatic heterocycles. The number of aromatic nitrogens is 3. The van der Waals surface area contributed by atoms with Gasteiger partial charge in [-0.05, 0) is 44.5 Å². The summed E-state index contributed by atoms with van der Waals surface area (Å²) < 4.78 is 7.73. The lowest BCUT2D eigenvalue weighted by atomic mass is 10.1. The fraction of sp³-hybridized carbons (Fsp3) is 0.375. The van der Waals surface area contributed by atoms with Crippen LogP contribution < -0.4 is 5.32 Å². The van der Waals surface area contributed by atoms with Crippen LogP contribution in [0.3, 0.4) is 0 Å². The quantitative estimate of drug-likeness (QED) is 0.751. The fourth-order valence-corrected chi connectivity index (χ4v) is 2.70. The Hall–Kier alpha value is -1.85. The molecule has 0 aliphatic heterocycles. The zero-order valence-corrected chi connectivity index (χ0v) is 13.4. The number of fused-ring (bicyclic) bond motifs is 1. The molecular weight excluding hydrogens is 300 g/mol. The number of benzene rings is 1. The largest absolute Gasteiger partial charge is 0.459 e. The molecule has 6 heteroatoms. The van der Waals surface area contributed by atoms with Gasteiger partial charge in [-0.2, -0.15) is 5.10 Å². The predicted octanol–water partition coefficient (Wildman–Crippen LogP) is 3.81. The average Bonchev–Trinajstić information content (AvgIpc) is 3.13. The van der Waals surface area contributed by atoms with E-state index in [9.17, 15) is 0 Å². The van der Waals surface area contributed by atoms with Crippen LogP contribution in [-0.4, -0.2) is 20.8 Å². The number of hydrogen-bond donors (Lipinski definition) is 1. The van der Waals surface area contributed by atoms with Gasteiger partial charge in [0.05, 0.1) is 6.04 Å². The van der Waals surface area contributed by atoms with E-state index in [1.54, 1.807) is 12.7 Å². The third-order valence-corrected chi connectivity index (χ3v) is 3.95. The van der Waals surface area contributed by atoms with E-state index in [-0.39, 0.29) is 6.04 Å². The van der Waals surface area contributed by atoms with Crippen molar-refractivity contribution in [2.45, 2.75) is 38.9 Å². The van der Waals surface area contributed by atoms with Gasteiger partial charge in [0, 0.05) is 23.0 Å². The van der Waals surface area contributed by atoms with Crippen LogP contribution in [0.5, 0.6) is 0 Å². The molecule has 5 nitrogen and oxygen atoms in total. The number of nitrogens with zero attached hydrogens (tertiary/aromatic N) is 3. The summed E-state index contributed by atoms with van der Waals surface area (Å²) in [6.45, 7) is 5.11. The summed E-state index contributed by atoms with van der Waals surface area (Å²) in [5, 5.41) is 9.41. The summed E-state index contributed by atoms with van der Waals surface area (Å²) in [6.07, 6.45) is 4.26. The zero-order valence-electron chi connectivity index (χ0n) is 12.7. The number of aryl methyl sites for hydroxylation is 1. The highest BCUT2D eigenvalue weighted by atomic mass is 35.5. The number of hydrogen-bond acceptors (Lipinski definition) is 4. The minimum Gasteiger partial charge on any atom is -0.459 e. The zero-order chi connectivity index (χ0) is 15.5. The Morgan fingerprint density at radius 3 is 2.95 bits per heavy atom. The van der Waals surface area contributed by atoms with E-state index in [4.69, 9.17) is 16.0 Å². The van der Waals surface area contributed by atoms with Crippen molar-refractivity contribution in [3.8, 4) is 0 Å². The molecular formula is C16H19ClN4O. The van der Waals surface area contributed by atoms with Gasteiger partial charge < -0.3 is 9.73 Å². The highest BCUT2D eigenvalue weighted by molar-refractivity contribution is 6.31. The summed E-state index contributed by atoms with van der Waals surface area (Å²) in [5.74, 6) is 0.921. The number of rotatable bonds is 6. The molecule has 3 aromatic rings. The van der Waals surface area contributed by atoms with Gasteiger partial charge in [0.1, 0.15) is 24.0 Å². The Kier molecular flexibility index (Phi) is 4.45. The molecule has 0 radical (unpaired) electrons. The first-order valence-electron chi connectivity index (χ1n) is 7.39. The van der Waals surface area contributed by atoms with Crippen LogP contribution in [0.2, 0.25) is 5.02 Å². The fourth-order valence-electron chi connectivity index (χ4n) is 2.51. The van der Waals surface area contributed by atoms with Crippen LogP contribution in [0.25, 0.3) is 11.0 Å². The van der Waals surface area contributed by atoms with Gasteiger partial charge in [-0.15, -0.1) is 0 Å². The normalized spacial score (nSPS) is 14.3. The lowest BCUT2D eigenvalue weighted by molar-refractivity contribution is 0.383. The van der Waals surface area contributed by atoms with Crippen LogP contribution >= 0.6 is 11.6 Å². The predicted molar refractivity (Wildman–Crippen MR) is 86.9 cm³/mol. The molecule has 116 valence electrons. The van der Waals surface area contributed by atoms with Crippen molar-refractivity contribution in [1.29, 1.82) is 0 Å². The van der Waals surface area contributed by atoms with Gasteiger partial charge in [0.15, 0.2) is 0 Å². The van der Waals surface area contributed by atoms with Crippen molar-refractivity contribution >= 4 is 22.6 Å².